The Bertz CT molecular complexity index is 1200. The minimum Gasteiger partial charge on any atom is -0.493 e. The van der Waals surface area contributed by atoms with Crippen molar-refractivity contribution in [2.75, 3.05) is 11.9 Å². The predicted octanol–water partition coefficient (Wildman–Crippen LogP) is 5.39. The van der Waals surface area contributed by atoms with Gasteiger partial charge in [0.2, 0.25) is 0 Å². The number of para-hydroxylation sites is 2. The number of ether oxygens (including phenoxy) is 1. The van der Waals surface area contributed by atoms with Gasteiger partial charge in [-0.1, -0.05) is 26.0 Å². The van der Waals surface area contributed by atoms with Crippen molar-refractivity contribution in [3.63, 3.8) is 0 Å². The summed E-state index contributed by atoms with van der Waals surface area (Å²) in [6.45, 7) is 4.80. The number of H-pyrrole nitrogens is 1. The number of nitrogens with zero attached hydrogens (tertiary/aromatic N) is 1. The molecular weight excluding hydrogens is 420 g/mol. The monoisotopic (exact) mass is 444 g/mol. The molecule has 162 valence electrons. The highest BCUT2D eigenvalue weighted by molar-refractivity contribution is 7.80. The molecule has 0 bridgehead atoms. The fourth-order valence-electron chi connectivity index (χ4n) is 3.10. The molecule has 3 aromatic carbocycles. The largest absolute Gasteiger partial charge is 0.493 e. The first-order valence-corrected chi connectivity index (χ1v) is 10.8. The molecule has 4 rings (SSSR count). The van der Waals surface area contributed by atoms with Crippen LogP contribution >= 0.6 is 12.2 Å². The minimum absolute atomic E-state index is 0.228. The number of hydrogen-bond acceptors (Lipinski definition) is 4. The highest BCUT2D eigenvalue weighted by Gasteiger charge is 2.09. The highest BCUT2D eigenvalue weighted by atomic mass is 32.1. The van der Waals surface area contributed by atoms with E-state index in [1.807, 2.05) is 48.5 Å². The van der Waals surface area contributed by atoms with Crippen molar-refractivity contribution in [2.45, 2.75) is 13.8 Å². The number of nitrogens with one attached hydrogen (secondary N) is 3. The Morgan fingerprint density at radius 2 is 1.75 bits per heavy atom. The van der Waals surface area contributed by atoms with Crippen LogP contribution in [0.3, 0.4) is 0 Å². The molecular formula is C25H24N4O2S. The molecule has 0 unspecified atom stereocenters. The van der Waals surface area contributed by atoms with Crippen LogP contribution < -0.4 is 15.4 Å². The molecule has 0 saturated carbocycles. The number of rotatable bonds is 6. The SMILES string of the molecule is CC(C)COc1ccc(C(=O)NC(=S)Nc2ccc(-c3nc4ccccc4[nH]3)cc2)cc1. The molecule has 3 N–H and O–H groups in total. The van der Waals surface area contributed by atoms with Gasteiger partial charge in [-0.2, -0.15) is 0 Å². The summed E-state index contributed by atoms with van der Waals surface area (Å²) in [5.74, 6) is 1.70. The van der Waals surface area contributed by atoms with Crippen LogP contribution in [-0.4, -0.2) is 27.6 Å². The number of amides is 1. The second kappa shape index (κ2) is 9.62. The molecule has 4 aromatic rings. The van der Waals surface area contributed by atoms with E-state index >= 15 is 0 Å². The second-order valence-corrected chi connectivity index (χ2v) is 8.23. The van der Waals surface area contributed by atoms with E-state index in [1.165, 1.54) is 0 Å². The first kappa shape index (κ1) is 21.5. The molecule has 0 fully saturated rings. The summed E-state index contributed by atoms with van der Waals surface area (Å²) in [7, 11) is 0. The third kappa shape index (κ3) is 5.31. The van der Waals surface area contributed by atoms with Crippen molar-refractivity contribution in [3.05, 3.63) is 78.4 Å². The first-order valence-electron chi connectivity index (χ1n) is 10.4. The summed E-state index contributed by atoms with van der Waals surface area (Å²) in [6.07, 6.45) is 0. The van der Waals surface area contributed by atoms with Crippen molar-refractivity contribution in [3.8, 4) is 17.1 Å². The number of anilines is 1. The van der Waals surface area contributed by atoms with Crippen LogP contribution in [0.15, 0.2) is 72.8 Å². The maximum absolute atomic E-state index is 12.5. The number of benzene rings is 3. The van der Waals surface area contributed by atoms with Crippen LogP contribution in [0.5, 0.6) is 5.75 Å². The van der Waals surface area contributed by atoms with Gasteiger partial charge in [-0.05, 0) is 78.8 Å². The zero-order valence-corrected chi connectivity index (χ0v) is 18.7. The van der Waals surface area contributed by atoms with Crippen LogP contribution in [-0.2, 0) is 0 Å². The van der Waals surface area contributed by atoms with Gasteiger partial charge < -0.3 is 15.0 Å². The highest BCUT2D eigenvalue weighted by Crippen LogP contribution is 2.22. The molecule has 1 aromatic heterocycles. The van der Waals surface area contributed by atoms with E-state index < -0.39 is 0 Å². The van der Waals surface area contributed by atoms with Crippen LogP contribution in [0.2, 0.25) is 0 Å². The van der Waals surface area contributed by atoms with Crippen molar-refractivity contribution in [1.29, 1.82) is 0 Å². The molecule has 0 aliphatic heterocycles. The van der Waals surface area contributed by atoms with Crippen molar-refractivity contribution < 1.29 is 9.53 Å². The molecule has 0 aliphatic rings. The van der Waals surface area contributed by atoms with Gasteiger partial charge in [-0.3, -0.25) is 10.1 Å². The quantitative estimate of drug-likeness (QED) is 0.348. The van der Waals surface area contributed by atoms with E-state index in [2.05, 4.69) is 34.4 Å². The van der Waals surface area contributed by atoms with Crippen LogP contribution in [0.25, 0.3) is 22.4 Å². The van der Waals surface area contributed by atoms with Crippen molar-refractivity contribution in [2.24, 2.45) is 5.92 Å². The summed E-state index contributed by atoms with van der Waals surface area (Å²) in [5, 5.41) is 5.97. The molecule has 1 amide bonds. The maximum Gasteiger partial charge on any atom is 0.257 e. The number of carbonyl (C=O) groups excluding carboxylic acids is 1. The van der Waals surface area contributed by atoms with Crippen LogP contribution in [0.4, 0.5) is 5.69 Å². The van der Waals surface area contributed by atoms with E-state index in [1.54, 1.807) is 24.3 Å². The summed E-state index contributed by atoms with van der Waals surface area (Å²) < 4.78 is 5.64. The first-order chi connectivity index (χ1) is 15.5. The van der Waals surface area contributed by atoms with Gasteiger partial charge in [0.15, 0.2) is 5.11 Å². The fraction of sp³-hybridized carbons (Fsp3) is 0.160. The van der Waals surface area contributed by atoms with Gasteiger partial charge in [-0.25, -0.2) is 4.98 Å². The Hall–Kier alpha value is -3.71. The van der Waals surface area contributed by atoms with Gasteiger partial charge in [0.1, 0.15) is 11.6 Å². The number of imidazole rings is 1. The standard InChI is InChI=1S/C25H24N4O2S/c1-16(2)15-31-20-13-9-18(10-14-20)24(30)29-25(32)26-19-11-7-17(8-12-19)23-27-21-5-3-4-6-22(21)28-23/h3-14,16H,15H2,1-2H3,(H,27,28)(H2,26,29,30,32). The molecule has 1 heterocycles. The topological polar surface area (TPSA) is 79.0 Å². The predicted molar refractivity (Wildman–Crippen MR) is 132 cm³/mol. The Kier molecular flexibility index (Phi) is 6.47. The van der Waals surface area contributed by atoms with E-state index in [9.17, 15) is 4.79 Å². The molecule has 0 spiro atoms. The summed E-state index contributed by atoms with van der Waals surface area (Å²) in [6, 6.07) is 22.6. The third-order valence-corrected chi connectivity index (χ3v) is 4.94. The van der Waals surface area contributed by atoms with E-state index in [4.69, 9.17) is 17.0 Å². The maximum atomic E-state index is 12.5. The minimum atomic E-state index is -0.281. The Morgan fingerprint density at radius 1 is 1.03 bits per heavy atom. The lowest BCUT2D eigenvalue weighted by atomic mass is 10.2. The smallest absolute Gasteiger partial charge is 0.257 e. The molecule has 6 nitrogen and oxygen atoms in total. The summed E-state index contributed by atoms with van der Waals surface area (Å²) in [4.78, 5) is 20.4. The van der Waals surface area contributed by atoms with E-state index in [0.29, 0.717) is 18.1 Å². The summed E-state index contributed by atoms with van der Waals surface area (Å²) >= 11 is 5.29. The lowest BCUT2D eigenvalue weighted by Crippen LogP contribution is -2.34. The zero-order valence-electron chi connectivity index (χ0n) is 17.9. The van der Waals surface area contributed by atoms with Crippen LogP contribution in [0.1, 0.15) is 24.2 Å². The number of aromatic amines is 1. The number of thiocarbonyl (C=S) groups is 1. The van der Waals surface area contributed by atoms with Gasteiger partial charge in [-0.15, -0.1) is 0 Å². The number of aromatic nitrogens is 2. The third-order valence-electron chi connectivity index (χ3n) is 4.73. The molecule has 0 atom stereocenters. The van der Waals surface area contributed by atoms with Gasteiger partial charge in [0.25, 0.3) is 5.91 Å². The molecule has 7 heteroatoms. The average Bonchev–Trinajstić information content (AvgIpc) is 3.22. The lowest BCUT2D eigenvalue weighted by molar-refractivity contribution is 0.0977. The summed E-state index contributed by atoms with van der Waals surface area (Å²) in [5.41, 5.74) is 4.15. The van der Waals surface area contributed by atoms with E-state index in [0.717, 1.165) is 33.9 Å². The Labute approximate surface area is 192 Å². The van der Waals surface area contributed by atoms with Gasteiger partial charge in [0, 0.05) is 16.8 Å². The van der Waals surface area contributed by atoms with E-state index in [-0.39, 0.29) is 11.0 Å². The van der Waals surface area contributed by atoms with Gasteiger partial charge in [0.05, 0.1) is 17.6 Å². The normalized spacial score (nSPS) is 10.8. The van der Waals surface area contributed by atoms with Crippen molar-refractivity contribution >= 4 is 40.0 Å². The fourth-order valence-corrected chi connectivity index (χ4v) is 3.31. The lowest BCUT2D eigenvalue weighted by Gasteiger charge is -2.11. The number of carbonyl (C=O) groups is 1. The Balaban J connectivity index is 1.34. The second-order valence-electron chi connectivity index (χ2n) is 7.82. The van der Waals surface area contributed by atoms with Crippen molar-refractivity contribution in [1.82, 2.24) is 15.3 Å². The molecule has 0 saturated heterocycles. The number of fused-ring (bicyclic) bond motifs is 1. The molecule has 32 heavy (non-hydrogen) atoms. The Morgan fingerprint density at radius 3 is 2.44 bits per heavy atom. The zero-order chi connectivity index (χ0) is 22.5. The molecule has 0 aliphatic carbocycles. The molecule has 0 radical (unpaired) electrons. The van der Waals surface area contributed by atoms with Crippen LogP contribution in [0, 0.1) is 5.92 Å². The van der Waals surface area contributed by atoms with Gasteiger partial charge >= 0.3 is 0 Å². The number of hydrogen-bond donors (Lipinski definition) is 3. The average molecular weight is 445 g/mol.